The number of aromatic amines is 1. The molecule has 10 heteroatoms. The van der Waals surface area contributed by atoms with Crippen molar-refractivity contribution >= 4 is 28.6 Å². The normalized spacial score (nSPS) is 20.3. The molecular weight excluding hydrogens is 468 g/mol. The third-order valence-electron chi connectivity index (χ3n) is 5.77. The third-order valence-corrected chi connectivity index (χ3v) is 5.77. The number of hydrogen-bond donors (Lipinski definition) is 3. The van der Waals surface area contributed by atoms with Crippen LogP contribution in [0.25, 0.3) is 10.9 Å². The molecule has 36 heavy (non-hydrogen) atoms. The molecule has 0 unspecified atom stereocenters. The Bertz CT molecular complexity index is 1230. The Labute approximate surface area is 208 Å². The smallest absolute Gasteiger partial charge is 0.268 e. The van der Waals surface area contributed by atoms with Crippen LogP contribution in [-0.4, -0.2) is 52.8 Å². The fraction of sp³-hybridized carbons (Fsp3) is 0.385. The van der Waals surface area contributed by atoms with Crippen molar-refractivity contribution in [2.75, 3.05) is 13.1 Å². The highest BCUT2D eigenvalue weighted by molar-refractivity contribution is 6.00. The van der Waals surface area contributed by atoms with Crippen molar-refractivity contribution in [3.8, 4) is 6.07 Å². The van der Waals surface area contributed by atoms with Gasteiger partial charge in [0.25, 0.3) is 5.91 Å². The van der Waals surface area contributed by atoms with Gasteiger partial charge >= 0.3 is 0 Å². The Morgan fingerprint density at radius 2 is 2.08 bits per heavy atom. The number of nitrogens with one attached hydrogen (secondary N) is 3. The van der Waals surface area contributed by atoms with E-state index in [2.05, 4.69) is 21.7 Å². The molecule has 1 aromatic carbocycles. The molecule has 3 N–H and O–H groups in total. The van der Waals surface area contributed by atoms with Crippen LogP contribution >= 0.6 is 0 Å². The molecule has 0 saturated heterocycles. The molecule has 1 aliphatic rings. The van der Waals surface area contributed by atoms with Crippen LogP contribution in [0.4, 0.5) is 8.78 Å². The SMILES string of the molecule is CC(C)C[C@H](NC(=O)c1cc2c(F)cccc2[nH]1)C(=O)N1CC(=O)NC/C=C(F)\C=C/CC[C@H]1C#N. The number of carbonyl (C=O) groups excluding carboxylic acids is 3. The molecule has 3 amide bonds. The summed E-state index contributed by atoms with van der Waals surface area (Å²) in [6, 6.07) is 5.87. The molecule has 190 valence electrons. The number of nitriles is 1. The van der Waals surface area contributed by atoms with Crippen molar-refractivity contribution in [2.24, 2.45) is 5.92 Å². The highest BCUT2D eigenvalue weighted by Gasteiger charge is 2.33. The first-order chi connectivity index (χ1) is 17.2. The minimum atomic E-state index is -1.03. The number of amides is 3. The summed E-state index contributed by atoms with van der Waals surface area (Å²) in [6.45, 7) is 3.26. The highest BCUT2D eigenvalue weighted by atomic mass is 19.1. The molecule has 0 spiro atoms. The van der Waals surface area contributed by atoms with Gasteiger partial charge in [-0.05, 0) is 55.5 Å². The van der Waals surface area contributed by atoms with Crippen LogP contribution in [-0.2, 0) is 9.59 Å². The van der Waals surface area contributed by atoms with Gasteiger partial charge in [0.05, 0.1) is 6.07 Å². The maximum atomic E-state index is 14.1. The number of benzene rings is 1. The summed E-state index contributed by atoms with van der Waals surface area (Å²) in [6.07, 6.45) is 4.76. The predicted molar refractivity (Wildman–Crippen MR) is 131 cm³/mol. The Morgan fingerprint density at radius 1 is 1.31 bits per heavy atom. The minimum Gasteiger partial charge on any atom is -0.351 e. The molecule has 0 radical (unpaired) electrons. The lowest BCUT2D eigenvalue weighted by atomic mass is 10.0. The Balaban J connectivity index is 1.86. The first-order valence-corrected chi connectivity index (χ1v) is 11.8. The van der Waals surface area contributed by atoms with Crippen molar-refractivity contribution < 1.29 is 23.2 Å². The molecule has 8 nitrogen and oxygen atoms in total. The summed E-state index contributed by atoms with van der Waals surface area (Å²) < 4.78 is 27.8. The van der Waals surface area contributed by atoms with Crippen LogP contribution in [0.3, 0.4) is 0 Å². The second-order valence-electron chi connectivity index (χ2n) is 9.02. The van der Waals surface area contributed by atoms with Gasteiger partial charge < -0.3 is 20.5 Å². The van der Waals surface area contributed by atoms with Crippen LogP contribution in [0.1, 0.15) is 43.6 Å². The van der Waals surface area contributed by atoms with E-state index in [1.165, 1.54) is 30.4 Å². The molecule has 0 fully saturated rings. The van der Waals surface area contributed by atoms with Crippen LogP contribution in [0, 0.1) is 23.1 Å². The van der Waals surface area contributed by atoms with Crippen LogP contribution in [0.15, 0.2) is 48.3 Å². The second-order valence-corrected chi connectivity index (χ2v) is 9.02. The van der Waals surface area contributed by atoms with Crippen molar-refractivity contribution in [1.29, 1.82) is 5.26 Å². The lowest BCUT2D eigenvalue weighted by Gasteiger charge is -2.31. The summed E-state index contributed by atoms with van der Waals surface area (Å²) in [5.74, 6) is -2.74. The van der Waals surface area contributed by atoms with E-state index in [1.54, 1.807) is 12.1 Å². The molecule has 1 aromatic heterocycles. The van der Waals surface area contributed by atoms with Gasteiger partial charge in [0.2, 0.25) is 11.8 Å². The van der Waals surface area contributed by atoms with E-state index in [0.29, 0.717) is 11.9 Å². The molecule has 0 aliphatic carbocycles. The number of fused-ring (bicyclic) bond motifs is 1. The van der Waals surface area contributed by atoms with Crippen molar-refractivity contribution in [3.63, 3.8) is 0 Å². The standard InChI is InChI=1S/C26H29F2N5O3/c1-16(2)12-23(32-25(35)22-13-19-20(28)8-5-9-21(19)31-22)26(36)33-15-24(34)30-11-10-17(27)6-3-4-7-18(33)14-29/h3,5-6,8-10,13,16,18,23,31H,4,7,11-12,15H2,1-2H3,(H,30,34)(H,32,35)/b6-3-,17-10+/t18-,23-/m0/s1. The molecule has 2 atom stereocenters. The lowest BCUT2D eigenvalue weighted by molar-refractivity contribution is -0.139. The Kier molecular flexibility index (Phi) is 8.95. The highest BCUT2D eigenvalue weighted by Crippen LogP contribution is 2.20. The van der Waals surface area contributed by atoms with E-state index in [0.717, 1.165) is 4.90 Å². The van der Waals surface area contributed by atoms with E-state index < -0.39 is 48.0 Å². The lowest BCUT2D eigenvalue weighted by Crippen LogP contribution is -2.54. The first-order valence-electron chi connectivity index (χ1n) is 11.8. The maximum absolute atomic E-state index is 14.1. The van der Waals surface area contributed by atoms with Gasteiger partial charge in [0.1, 0.15) is 36.0 Å². The van der Waals surface area contributed by atoms with E-state index in [9.17, 15) is 28.4 Å². The van der Waals surface area contributed by atoms with Gasteiger partial charge in [-0.2, -0.15) is 5.26 Å². The van der Waals surface area contributed by atoms with Gasteiger partial charge in [-0.3, -0.25) is 14.4 Å². The Morgan fingerprint density at radius 3 is 2.78 bits per heavy atom. The quantitative estimate of drug-likeness (QED) is 0.586. The number of hydrogen-bond acceptors (Lipinski definition) is 4. The van der Waals surface area contributed by atoms with Gasteiger partial charge in [-0.25, -0.2) is 8.78 Å². The maximum Gasteiger partial charge on any atom is 0.268 e. The van der Waals surface area contributed by atoms with E-state index in [-0.39, 0.29) is 36.4 Å². The average molecular weight is 498 g/mol. The fourth-order valence-corrected chi connectivity index (χ4v) is 3.99. The van der Waals surface area contributed by atoms with Crippen LogP contribution < -0.4 is 10.6 Å². The van der Waals surface area contributed by atoms with Gasteiger partial charge in [0, 0.05) is 17.4 Å². The molecular formula is C26H29F2N5O3. The monoisotopic (exact) mass is 497 g/mol. The summed E-state index contributed by atoms with van der Waals surface area (Å²) in [5, 5.41) is 15.2. The van der Waals surface area contributed by atoms with Crippen molar-refractivity contribution in [1.82, 2.24) is 20.5 Å². The molecule has 0 saturated carbocycles. The second kappa shape index (κ2) is 12.1. The molecule has 3 rings (SSSR count). The first kappa shape index (κ1) is 26.6. The summed E-state index contributed by atoms with van der Waals surface area (Å²) in [4.78, 5) is 43.2. The van der Waals surface area contributed by atoms with Gasteiger partial charge in [-0.1, -0.05) is 26.0 Å². The van der Waals surface area contributed by atoms with Gasteiger partial charge in [0.15, 0.2) is 0 Å². The number of nitrogens with zero attached hydrogens (tertiary/aromatic N) is 2. The molecule has 2 aromatic rings. The zero-order chi connectivity index (χ0) is 26.2. The van der Waals surface area contributed by atoms with E-state index >= 15 is 0 Å². The van der Waals surface area contributed by atoms with Crippen LogP contribution in [0.5, 0.6) is 0 Å². The largest absolute Gasteiger partial charge is 0.351 e. The molecule has 2 heterocycles. The average Bonchev–Trinajstić information content (AvgIpc) is 3.27. The van der Waals surface area contributed by atoms with Crippen molar-refractivity contribution in [3.05, 3.63) is 59.8 Å². The van der Waals surface area contributed by atoms with Gasteiger partial charge in [-0.15, -0.1) is 0 Å². The number of carbonyl (C=O) groups is 3. The number of halogens is 2. The Hall–Kier alpha value is -4.00. The van der Waals surface area contributed by atoms with E-state index in [4.69, 9.17) is 0 Å². The van der Waals surface area contributed by atoms with Crippen LogP contribution in [0.2, 0.25) is 0 Å². The van der Waals surface area contributed by atoms with Crippen molar-refractivity contribution in [2.45, 2.75) is 45.2 Å². The number of aromatic nitrogens is 1. The molecule has 0 bridgehead atoms. The summed E-state index contributed by atoms with van der Waals surface area (Å²) in [7, 11) is 0. The zero-order valence-electron chi connectivity index (χ0n) is 20.2. The predicted octanol–water partition coefficient (Wildman–Crippen LogP) is 3.49. The minimum absolute atomic E-state index is 0.00253. The number of rotatable bonds is 5. The number of H-pyrrole nitrogens is 1. The topological polar surface area (TPSA) is 118 Å². The summed E-state index contributed by atoms with van der Waals surface area (Å²) >= 11 is 0. The molecule has 1 aliphatic heterocycles. The van der Waals surface area contributed by atoms with E-state index in [1.807, 2.05) is 13.8 Å². The number of allylic oxidation sites excluding steroid dienone is 3. The third kappa shape index (κ3) is 6.78. The zero-order valence-corrected chi connectivity index (χ0v) is 20.2. The summed E-state index contributed by atoms with van der Waals surface area (Å²) in [5.41, 5.74) is 0.522. The fourth-order valence-electron chi connectivity index (χ4n) is 3.99.